The van der Waals surface area contributed by atoms with Gasteiger partial charge in [0.2, 0.25) is 11.8 Å². The van der Waals surface area contributed by atoms with Crippen LogP contribution >= 0.6 is 0 Å². The van der Waals surface area contributed by atoms with Crippen molar-refractivity contribution < 1.29 is 9.59 Å². The molecule has 21 heavy (non-hydrogen) atoms. The highest BCUT2D eigenvalue weighted by Gasteiger charge is 2.23. The smallest absolute Gasteiger partial charge is 0.242 e. The molecule has 3 rings (SSSR count). The lowest BCUT2D eigenvalue weighted by molar-refractivity contribution is -0.141. The molecular weight excluding hydrogens is 268 g/mol. The van der Waals surface area contributed by atoms with E-state index in [0.717, 1.165) is 11.3 Å². The highest BCUT2D eigenvalue weighted by atomic mass is 16.2. The molecule has 1 aromatic heterocycles. The van der Waals surface area contributed by atoms with Gasteiger partial charge in [-0.15, -0.1) is 0 Å². The summed E-state index contributed by atoms with van der Waals surface area (Å²) in [5.41, 5.74) is 3.14. The number of carbonyl (C=O) groups excluding carboxylic acids is 2. The van der Waals surface area contributed by atoms with E-state index in [9.17, 15) is 9.59 Å². The lowest BCUT2D eigenvalue weighted by atomic mass is 10.1. The average molecular weight is 284 g/mol. The summed E-state index contributed by atoms with van der Waals surface area (Å²) in [5.74, 6) is 0.441. The molecule has 0 radical (unpaired) electrons. The van der Waals surface area contributed by atoms with Crippen LogP contribution in [0.15, 0.2) is 30.5 Å². The molecule has 0 bridgehead atoms. The number of piperazine rings is 1. The molecule has 6 nitrogen and oxygen atoms in total. The molecule has 0 saturated carbocycles. The number of nitrogens with zero attached hydrogens (tertiary/aromatic N) is 2. The molecule has 2 heterocycles. The van der Waals surface area contributed by atoms with Crippen LogP contribution in [-0.4, -0.2) is 39.8 Å². The molecule has 2 amide bonds. The second-order valence-corrected chi connectivity index (χ2v) is 5.14. The second kappa shape index (κ2) is 5.40. The molecule has 1 fully saturated rings. The van der Waals surface area contributed by atoms with E-state index in [1.807, 2.05) is 31.2 Å². The summed E-state index contributed by atoms with van der Waals surface area (Å²) in [6.07, 6.45) is 1.74. The van der Waals surface area contributed by atoms with Crippen LogP contribution in [0.5, 0.6) is 0 Å². The number of hydrogen-bond donors (Lipinski definition) is 2. The topological polar surface area (TPSA) is 78.1 Å². The first-order chi connectivity index (χ1) is 10.1. The number of imidazole rings is 1. The van der Waals surface area contributed by atoms with Gasteiger partial charge in [-0.1, -0.05) is 29.8 Å². The highest BCUT2D eigenvalue weighted by Crippen LogP contribution is 2.18. The van der Waals surface area contributed by atoms with Crippen LogP contribution in [0.1, 0.15) is 11.4 Å². The van der Waals surface area contributed by atoms with Crippen molar-refractivity contribution in [2.75, 3.05) is 13.1 Å². The first-order valence-electron chi connectivity index (χ1n) is 6.77. The van der Waals surface area contributed by atoms with Gasteiger partial charge in [0.1, 0.15) is 12.4 Å². The Kier molecular flexibility index (Phi) is 3.43. The Hall–Kier alpha value is -2.63. The molecule has 2 aromatic rings. The number of amides is 2. The van der Waals surface area contributed by atoms with Gasteiger partial charge in [0.15, 0.2) is 0 Å². The van der Waals surface area contributed by atoms with E-state index in [2.05, 4.69) is 15.3 Å². The fourth-order valence-electron chi connectivity index (χ4n) is 2.25. The minimum Gasteiger partial charge on any atom is -0.345 e. The van der Waals surface area contributed by atoms with Crippen LogP contribution in [0.3, 0.4) is 0 Å². The van der Waals surface area contributed by atoms with Crippen LogP contribution < -0.4 is 5.32 Å². The molecular formula is C15H16N4O2. The van der Waals surface area contributed by atoms with Crippen LogP contribution in [0, 0.1) is 6.92 Å². The number of benzene rings is 1. The number of H-pyrrole nitrogens is 1. The summed E-state index contributed by atoms with van der Waals surface area (Å²) in [7, 11) is 0. The number of carbonyl (C=O) groups is 2. The Morgan fingerprint density at radius 2 is 2.00 bits per heavy atom. The number of rotatable bonds is 3. The quantitative estimate of drug-likeness (QED) is 0.877. The van der Waals surface area contributed by atoms with E-state index in [-0.39, 0.29) is 24.9 Å². The van der Waals surface area contributed by atoms with Gasteiger partial charge in [-0.2, -0.15) is 0 Å². The molecule has 0 unspecified atom stereocenters. The maximum atomic E-state index is 11.7. The van der Waals surface area contributed by atoms with Crippen molar-refractivity contribution in [3.05, 3.63) is 41.9 Å². The largest absolute Gasteiger partial charge is 0.345 e. The lowest BCUT2D eigenvalue weighted by Gasteiger charge is -2.25. The van der Waals surface area contributed by atoms with E-state index < -0.39 is 0 Å². The summed E-state index contributed by atoms with van der Waals surface area (Å²) in [6.45, 7) is 2.50. The predicted octanol–water partition coefficient (Wildman–Crippen LogP) is 0.844. The van der Waals surface area contributed by atoms with Gasteiger partial charge in [-0.05, 0) is 12.5 Å². The van der Waals surface area contributed by atoms with Crippen LogP contribution in [-0.2, 0) is 16.1 Å². The number of aryl methyl sites for hydroxylation is 1. The third kappa shape index (κ3) is 2.94. The molecule has 2 N–H and O–H groups in total. The van der Waals surface area contributed by atoms with Crippen LogP contribution in [0.4, 0.5) is 0 Å². The third-order valence-corrected chi connectivity index (χ3v) is 3.46. The zero-order valence-corrected chi connectivity index (χ0v) is 11.7. The Balaban J connectivity index is 1.74. The van der Waals surface area contributed by atoms with Gasteiger partial charge >= 0.3 is 0 Å². The Bertz CT molecular complexity index is 675. The van der Waals surface area contributed by atoms with Crippen molar-refractivity contribution in [2.45, 2.75) is 13.5 Å². The molecule has 0 spiro atoms. The standard InChI is InChI=1S/C15H16N4O2/c1-10-2-4-11(5-3-10)12-6-16-13(18-12)8-19-9-14(20)17-7-15(19)21/h2-6H,7-9H2,1H3,(H,16,18)(H,17,20). The molecule has 108 valence electrons. The van der Waals surface area contributed by atoms with E-state index in [1.54, 1.807) is 6.20 Å². The minimum atomic E-state index is -0.139. The Morgan fingerprint density at radius 3 is 2.76 bits per heavy atom. The zero-order chi connectivity index (χ0) is 14.8. The van der Waals surface area contributed by atoms with Crippen molar-refractivity contribution in [2.24, 2.45) is 0 Å². The molecule has 1 aliphatic heterocycles. The maximum Gasteiger partial charge on any atom is 0.242 e. The normalized spacial score (nSPS) is 15.2. The zero-order valence-electron chi connectivity index (χ0n) is 11.7. The first kappa shape index (κ1) is 13.4. The van der Waals surface area contributed by atoms with Gasteiger partial charge in [-0.25, -0.2) is 4.98 Å². The second-order valence-electron chi connectivity index (χ2n) is 5.14. The molecule has 1 saturated heterocycles. The molecule has 1 aromatic carbocycles. The molecule has 0 aliphatic carbocycles. The van der Waals surface area contributed by atoms with Crippen molar-refractivity contribution in [1.82, 2.24) is 20.2 Å². The van der Waals surface area contributed by atoms with Crippen molar-refractivity contribution in [3.8, 4) is 11.3 Å². The fourth-order valence-corrected chi connectivity index (χ4v) is 2.25. The average Bonchev–Trinajstić information content (AvgIpc) is 2.92. The molecule has 1 aliphatic rings. The van der Waals surface area contributed by atoms with Crippen LogP contribution in [0.25, 0.3) is 11.3 Å². The Labute approximate surface area is 122 Å². The summed E-state index contributed by atoms with van der Waals surface area (Å²) >= 11 is 0. The monoisotopic (exact) mass is 284 g/mol. The highest BCUT2D eigenvalue weighted by molar-refractivity contribution is 5.92. The molecule has 6 heteroatoms. The fraction of sp³-hybridized carbons (Fsp3) is 0.267. The first-order valence-corrected chi connectivity index (χ1v) is 6.77. The SMILES string of the molecule is Cc1ccc(-c2cnc(CN3CC(=O)NCC3=O)[nH]2)cc1. The lowest BCUT2D eigenvalue weighted by Crippen LogP contribution is -2.51. The number of aromatic nitrogens is 2. The predicted molar refractivity (Wildman–Crippen MR) is 77.2 cm³/mol. The minimum absolute atomic E-state index is 0.0599. The van der Waals surface area contributed by atoms with Gasteiger partial charge in [0, 0.05) is 0 Å². The third-order valence-electron chi connectivity index (χ3n) is 3.46. The van der Waals surface area contributed by atoms with E-state index in [0.29, 0.717) is 12.4 Å². The van der Waals surface area contributed by atoms with Crippen LogP contribution in [0.2, 0.25) is 0 Å². The van der Waals surface area contributed by atoms with Gasteiger partial charge in [-0.3, -0.25) is 9.59 Å². The number of aromatic amines is 1. The van der Waals surface area contributed by atoms with E-state index in [1.165, 1.54) is 10.5 Å². The van der Waals surface area contributed by atoms with E-state index in [4.69, 9.17) is 0 Å². The summed E-state index contributed by atoms with van der Waals surface area (Å²) in [4.78, 5) is 32.0. The number of hydrogen-bond acceptors (Lipinski definition) is 3. The van der Waals surface area contributed by atoms with Gasteiger partial charge < -0.3 is 15.2 Å². The van der Waals surface area contributed by atoms with Crippen molar-refractivity contribution in [1.29, 1.82) is 0 Å². The maximum absolute atomic E-state index is 11.7. The van der Waals surface area contributed by atoms with Gasteiger partial charge in [0.25, 0.3) is 0 Å². The van der Waals surface area contributed by atoms with Crippen molar-refractivity contribution in [3.63, 3.8) is 0 Å². The van der Waals surface area contributed by atoms with Gasteiger partial charge in [0.05, 0.1) is 25.0 Å². The van der Waals surface area contributed by atoms with E-state index >= 15 is 0 Å². The molecule has 0 atom stereocenters. The number of nitrogens with one attached hydrogen (secondary N) is 2. The summed E-state index contributed by atoms with van der Waals surface area (Å²) < 4.78 is 0. The Morgan fingerprint density at radius 1 is 1.24 bits per heavy atom. The summed E-state index contributed by atoms with van der Waals surface area (Å²) in [5, 5.41) is 2.52. The van der Waals surface area contributed by atoms with Crippen molar-refractivity contribution >= 4 is 11.8 Å². The summed E-state index contributed by atoms with van der Waals surface area (Å²) in [6, 6.07) is 8.11.